The summed E-state index contributed by atoms with van der Waals surface area (Å²) in [6.45, 7) is 4.44. The van der Waals surface area contributed by atoms with Crippen LogP contribution in [-0.4, -0.2) is 14.0 Å². The second kappa shape index (κ2) is 6.13. The minimum Gasteiger partial charge on any atom is -0.407 e. The molecule has 0 spiro atoms. The smallest absolute Gasteiger partial charge is 0.375 e. The first-order valence-electron chi connectivity index (χ1n) is 6.40. The highest BCUT2D eigenvalue weighted by Gasteiger charge is 2.34. The van der Waals surface area contributed by atoms with Crippen LogP contribution in [0.15, 0.2) is 60.7 Å². The van der Waals surface area contributed by atoms with Crippen molar-refractivity contribution < 1.29 is 4.57 Å². The van der Waals surface area contributed by atoms with Crippen LogP contribution >= 0.6 is 7.80 Å². The number of nitrogens with one attached hydrogen (secondary N) is 1. The first-order valence-corrected chi connectivity index (χ1v) is 11.0. The monoisotopic (exact) mass is 288 g/mol. The average molecular weight is 288 g/mol. The zero-order chi connectivity index (χ0) is 13.7. The van der Waals surface area contributed by atoms with Crippen LogP contribution < -0.4 is 10.3 Å². The van der Waals surface area contributed by atoms with Crippen LogP contribution in [0.3, 0.4) is 0 Å². The molecule has 19 heavy (non-hydrogen) atoms. The highest BCUT2D eigenvalue weighted by Crippen LogP contribution is 2.25. The zero-order valence-electron chi connectivity index (χ0n) is 11.3. The summed E-state index contributed by atoms with van der Waals surface area (Å²) in [6, 6.07) is 19.9. The Labute approximate surface area is 116 Å². The van der Waals surface area contributed by atoms with Gasteiger partial charge in [-0.15, -0.1) is 0 Å². The van der Waals surface area contributed by atoms with Crippen molar-refractivity contribution in [3.8, 4) is 0 Å². The van der Waals surface area contributed by atoms with E-state index in [1.165, 1.54) is 0 Å². The Kier molecular flexibility index (Phi) is 4.51. The second-order valence-electron chi connectivity index (χ2n) is 5.25. The molecule has 0 saturated carbocycles. The Balaban J connectivity index is 2.03. The van der Waals surface area contributed by atoms with Crippen LogP contribution in [-0.2, 0) is 4.57 Å². The predicted octanol–water partition coefficient (Wildman–Crippen LogP) is 4.00. The molecule has 2 aromatic rings. The zero-order valence-corrected chi connectivity index (χ0v) is 13.2. The van der Waals surface area contributed by atoms with Gasteiger partial charge in [-0.3, -0.25) is 0 Å². The van der Waals surface area contributed by atoms with Crippen LogP contribution in [0.4, 0.5) is 5.69 Å². The summed E-state index contributed by atoms with van der Waals surface area (Å²) in [7, 11) is -3.03. The van der Waals surface area contributed by atoms with Gasteiger partial charge >= 0.3 is 7.80 Å². The lowest BCUT2D eigenvalue weighted by Crippen LogP contribution is -2.40. The van der Waals surface area contributed by atoms with E-state index in [9.17, 15) is 4.57 Å². The van der Waals surface area contributed by atoms with E-state index in [-0.39, 0.29) is 0 Å². The van der Waals surface area contributed by atoms with Crippen LogP contribution in [0.5, 0.6) is 0 Å². The van der Waals surface area contributed by atoms with E-state index in [0.717, 1.165) is 16.8 Å². The topological polar surface area (TPSA) is 29.1 Å². The summed E-state index contributed by atoms with van der Waals surface area (Å²) in [4.78, 5) is 3.57. The Hall–Kier alpha value is -1.44. The molecule has 0 saturated heterocycles. The molecular formula is C15H19NOPSi+. The van der Waals surface area contributed by atoms with Crippen LogP contribution in [0.2, 0.25) is 13.1 Å². The van der Waals surface area contributed by atoms with E-state index in [1.807, 2.05) is 48.5 Å². The Morgan fingerprint density at radius 3 is 2.05 bits per heavy atom. The van der Waals surface area contributed by atoms with Gasteiger partial charge < -0.3 is 4.98 Å². The average Bonchev–Trinajstić information content (AvgIpc) is 2.39. The van der Waals surface area contributed by atoms with E-state index in [1.54, 1.807) is 0 Å². The van der Waals surface area contributed by atoms with Gasteiger partial charge in [-0.2, -0.15) is 0 Å². The van der Waals surface area contributed by atoms with Gasteiger partial charge in [-0.05, 0) is 37.4 Å². The summed E-state index contributed by atoms with van der Waals surface area (Å²) in [5.74, 6) is 0.751. The maximum Gasteiger partial charge on any atom is 0.375 e. The third kappa shape index (κ3) is 4.30. The Morgan fingerprint density at radius 1 is 0.947 bits per heavy atom. The molecule has 0 aliphatic carbocycles. The fourth-order valence-electron chi connectivity index (χ4n) is 2.00. The van der Waals surface area contributed by atoms with Crippen molar-refractivity contribution in [2.75, 3.05) is 10.8 Å². The van der Waals surface area contributed by atoms with Gasteiger partial charge in [-0.1, -0.05) is 41.0 Å². The van der Waals surface area contributed by atoms with Crippen LogP contribution in [0, 0.1) is 0 Å². The third-order valence-corrected chi connectivity index (χ3v) is 8.99. The summed E-state index contributed by atoms with van der Waals surface area (Å²) < 4.78 is 12.4. The van der Waals surface area contributed by atoms with Crippen molar-refractivity contribution in [2.24, 2.45) is 0 Å². The molecule has 2 nitrogen and oxygen atoms in total. The van der Waals surface area contributed by atoms with Crippen molar-refractivity contribution >= 4 is 27.0 Å². The van der Waals surface area contributed by atoms with Gasteiger partial charge in [0.1, 0.15) is 0 Å². The summed E-state index contributed by atoms with van der Waals surface area (Å²) in [5.41, 5.74) is 1.12. The largest absolute Gasteiger partial charge is 0.407 e. The van der Waals surface area contributed by atoms with E-state index in [2.05, 4.69) is 30.2 Å². The van der Waals surface area contributed by atoms with E-state index in [4.69, 9.17) is 0 Å². The van der Waals surface area contributed by atoms with Gasteiger partial charge in [-0.25, -0.2) is 0 Å². The molecule has 1 atom stereocenters. The minimum atomic E-state index is -1.72. The maximum atomic E-state index is 12.4. The maximum absolute atomic E-state index is 12.4. The third-order valence-electron chi connectivity index (χ3n) is 2.84. The molecule has 0 aliphatic heterocycles. The molecule has 0 heterocycles. The van der Waals surface area contributed by atoms with Crippen molar-refractivity contribution in [3.63, 3.8) is 0 Å². The molecule has 4 heteroatoms. The molecule has 2 rings (SSSR count). The lowest BCUT2D eigenvalue weighted by Gasteiger charge is -2.20. The summed E-state index contributed by atoms with van der Waals surface area (Å²) >= 11 is 0. The fourth-order valence-corrected chi connectivity index (χ4v) is 7.37. The molecule has 1 N–H and O–H groups in total. The van der Waals surface area contributed by atoms with Crippen molar-refractivity contribution in [3.05, 3.63) is 60.7 Å². The molecule has 0 aliphatic rings. The molecule has 2 aromatic carbocycles. The fraction of sp³-hybridized carbons (Fsp3) is 0.200. The highest BCUT2D eigenvalue weighted by atomic mass is 31.1. The minimum absolute atomic E-state index is 0.751. The van der Waals surface area contributed by atoms with Crippen LogP contribution in [0.1, 0.15) is 0 Å². The standard InChI is InChI=1S/C15H19NOPSi/c1-19(2,16-14-9-5-3-6-10-14)13-18(17)15-11-7-4-8-12-15/h3-12,16H,13H2,1-2H3/q+1. The van der Waals surface area contributed by atoms with Gasteiger partial charge in [0.2, 0.25) is 8.24 Å². The quantitative estimate of drug-likeness (QED) is 0.665. The summed E-state index contributed by atoms with van der Waals surface area (Å²) in [6.07, 6.45) is 0. The molecule has 0 aromatic heterocycles. The molecule has 98 valence electrons. The van der Waals surface area contributed by atoms with E-state index < -0.39 is 16.0 Å². The second-order valence-corrected chi connectivity index (χ2v) is 11.8. The molecule has 0 bridgehead atoms. The molecule has 0 radical (unpaired) electrons. The van der Waals surface area contributed by atoms with Gasteiger partial charge in [0.25, 0.3) is 0 Å². The number of para-hydroxylation sites is 1. The lowest BCUT2D eigenvalue weighted by atomic mass is 10.3. The summed E-state index contributed by atoms with van der Waals surface area (Å²) in [5, 5.41) is 0.952. The number of benzene rings is 2. The molecule has 1 unspecified atom stereocenters. The lowest BCUT2D eigenvalue weighted by molar-refractivity contribution is 0.595. The van der Waals surface area contributed by atoms with Gasteiger partial charge in [0.05, 0.1) is 0 Å². The normalized spacial score (nSPS) is 12.0. The SMILES string of the molecule is C[Si](C)(C[P+](=O)c1ccccc1)Nc1ccccc1. The van der Waals surface area contributed by atoms with Crippen molar-refractivity contribution in [1.29, 1.82) is 0 Å². The molecule has 0 amide bonds. The number of hydrogen-bond donors (Lipinski definition) is 1. The van der Waals surface area contributed by atoms with E-state index in [0.29, 0.717) is 0 Å². The van der Waals surface area contributed by atoms with Gasteiger partial charge in [0, 0.05) is 5.69 Å². The van der Waals surface area contributed by atoms with Crippen molar-refractivity contribution in [2.45, 2.75) is 13.1 Å². The van der Waals surface area contributed by atoms with Gasteiger partial charge in [0.15, 0.2) is 11.1 Å². The number of rotatable bonds is 5. The molecular weight excluding hydrogens is 269 g/mol. The predicted molar refractivity (Wildman–Crippen MR) is 86.1 cm³/mol. The first-order chi connectivity index (χ1) is 9.07. The van der Waals surface area contributed by atoms with Crippen LogP contribution in [0.25, 0.3) is 0 Å². The highest BCUT2D eigenvalue weighted by molar-refractivity contribution is 7.56. The molecule has 0 fully saturated rings. The van der Waals surface area contributed by atoms with E-state index >= 15 is 0 Å². The van der Waals surface area contributed by atoms with Crippen molar-refractivity contribution in [1.82, 2.24) is 0 Å². The Bertz CT molecular complexity index is 543. The number of hydrogen-bond acceptors (Lipinski definition) is 2. The first kappa shape index (κ1) is 14.0. The number of anilines is 1. The Morgan fingerprint density at radius 2 is 1.47 bits per heavy atom.